The maximum Gasteiger partial charge on any atom is 0.294 e. The molecule has 0 saturated carbocycles. The van der Waals surface area contributed by atoms with Crippen LogP contribution in [0.1, 0.15) is 153 Å². The van der Waals surface area contributed by atoms with Crippen LogP contribution in [0.4, 0.5) is 0 Å². The van der Waals surface area contributed by atoms with Gasteiger partial charge in [0.25, 0.3) is 10.1 Å². The van der Waals surface area contributed by atoms with Crippen molar-refractivity contribution in [1.82, 2.24) is 0 Å². The van der Waals surface area contributed by atoms with Gasteiger partial charge < -0.3 is 0 Å². The van der Waals surface area contributed by atoms with Crippen LogP contribution in [-0.4, -0.2) is 13.0 Å². The van der Waals surface area contributed by atoms with E-state index in [1.54, 1.807) is 6.07 Å². The molecule has 0 saturated heterocycles. The van der Waals surface area contributed by atoms with Gasteiger partial charge in [-0.15, -0.1) is 0 Å². The van der Waals surface area contributed by atoms with Crippen LogP contribution >= 0.6 is 0 Å². The molecule has 0 bridgehead atoms. The highest BCUT2D eigenvalue weighted by molar-refractivity contribution is 7.85. The number of aryl methyl sites for hydroxylation is 2. The number of rotatable bonds is 22. The largest absolute Gasteiger partial charge is 0.294 e. The lowest BCUT2D eigenvalue weighted by molar-refractivity contribution is 0.481. The van der Waals surface area contributed by atoms with E-state index in [0.29, 0.717) is 0 Å². The van der Waals surface area contributed by atoms with Crippen molar-refractivity contribution in [3.8, 4) is 0 Å². The van der Waals surface area contributed by atoms with E-state index < -0.39 is 10.1 Å². The lowest BCUT2D eigenvalue weighted by Gasteiger charge is -2.17. The standard InChI is InChI=1S/C30H54O3S/c1-4-7-10-13-16-19-22-27-25-28(23-20-17-14-11-8-5-2)29(30(26-27)34(31,32)33)24-21-18-15-12-9-6-3/h25-26H,4-24H2,1-3H3,(H,31,32,33). The summed E-state index contributed by atoms with van der Waals surface area (Å²) < 4.78 is 34.9. The summed E-state index contributed by atoms with van der Waals surface area (Å²) in [6.07, 6.45) is 24.4. The van der Waals surface area contributed by atoms with Gasteiger partial charge in [-0.25, -0.2) is 0 Å². The molecular weight excluding hydrogens is 440 g/mol. The summed E-state index contributed by atoms with van der Waals surface area (Å²) in [7, 11) is -4.21. The van der Waals surface area contributed by atoms with Crippen LogP contribution in [0.15, 0.2) is 17.0 Å². The van der Waals surface area contributed by atoms with E-state index in [1.807, 2.05) is 0 Å². The van der Waals surface area contributed by atoms with Gasteiger partial charge in [0.1, 0.15) is 0 Å². The van der Waals surface area contributed by atoms with Gasteiger partial charge in [0.2, 0.25) is 0 Å². The highest BCUT2D eigenvalue weighted by Gasteiger charge is 2.20. The molecule has 1 aromatic carbocycles. The SMILES string of the molecule is CCCCCCCCc1cc(CCCCCCCC)c(CCCCCCCC)c(S(=O)(=O)O)c1. The van der Waals surface area contributed by atoms with Gasteiger partial charge in [0, 0.05) is 0 Å². The Labute approximate surface area is 212 Å². The second kappa shape index (κ2) is 19.3. The average Bonchev–Trinajstić information content (AvgIpc) is 2.80. The van der Waals surface area contributed by atoms with E-state index in [0.717, 1.165) is 56.1 Å². The Morgan fingerprint density at radius 2 is 0.971 bits per heavy atom. The summed E-state index contributed by atoms with van der Waals surface area (Å²) in [6.45, 7) is 6.69. The number of hydrogen-bond donors (Lipinski definition) is 1. The highest BCUT2D eigenvalue weighted by atomic mass is 32.2. The van der Waals surface area contributed by atoms with E-state index >= 15 is 0 Å². The monoisotopic (exact) mass is 494 g/mol. The first-order valence-corrected chi connectivity index (χ1v) is 16.0. The predicted octanol–water partition coefficient (Wildman–Crippen LogP) is 9.64. The number of unbranched alkanes of at least 4 members (excludes halogenated alkanes) is 15. The summed E-state index contributed by atoms with van der Waals surface area (Å²) in [5, 5.41) is 0. The van der Waals surface area contributed by atoms with Crippen molar-refractivity contribution in [2.45, 2.75) is 161 Å². The fourth-order valence-corrected chi connectivity index (χ4v) is 5.78. The number of benzene rings is 1. The third kappa shape index (κ3) is 13.9. The van der Waals surface area contributed by atoms with E-state index in [-0.39, 0.29) is 4.90 Å². The predicted molar refractivity (Wildman–Crippen MR) is 147 cm³/mol. The Morgan fingerprint density at radius 1 is 0.559 bits per heavy atom. The molecular formula is C30H54O3S. The van der Waals surface area contributed by atoms with Crippen LogP contribution in [0.3, 0.4) is 0 Å². The van der Waals surface area contributed by atoms with E-state index in [9.17, 15) is 13.0 Å². The lowest BCUT2D eigenvalue weighted by Crippen LogP contribution is -2.09. The van der Waals surface area contributed by atoms with Crippen LogP contribution in [0.25, 0.3) is 0 Å². The highest BCUT2D eigenvalue weighted by Crippen LogP contribution is 2.27. The quantitative estimate of drug-likeness (QED) is 0.129. The molecule has 0 aliphatic carbocycles. The van der Waals surface area contributed by atoms with E-state index in [4.69, 9.17) is 0 Å². The first-order valence-electron chi connectivity index (χ1n) is 14.6. The summed E-state index contributed by atoms with van der Waals surface area (Å²) in [6, 6.07) is 4.04. The zero-order valence-corrected chi connectivity index (χ0v) is 23.5. The molecule has 198 valence electrons. The summed E-state index contributed by atoms with van der Waals surface area (Å²) in [5.74, 6) is 0. The molecule has 1 N–H and O–H groups in total. The molecule has 4 heteroatoms. The maximum absolute atomic E-state index is 12.4. The van der Waals surface area contributed by atoms with Crippen molar-refractivity contribution in [3.63, 3.8) is 0 Å². The van der Waals surface area contributed by atoms with Crippen molar-refractivity contribution in [3.05, 3.63) is 28.8 Å². The van der Waals surface area contributed by atoms with Crippen LogP contribution < -0.4 is 0 Å². The molecule has 1 aromatic rings. The molecule has 0 amide bonds. The molecule has 0 aromatic heterocycles. The average molecular weight is 495 g/mol. The molecule has 34 heavy (non-hydrogen) atoms. The van der Waals surface area contributed by atoms with Crippen molar-refractivity contribution >= 4 is 10.1 Å². The van der Waals surface area contributed by atoms with Gasteiger partial charge >= 0.3 is 0 Å². The Kier molecular flexibility index (Phi) is 17.7. The zero-order valence-electron chi connectivity index (χ0n) is 22.7. The fourth-order valence-electron chi connectivity index (χ4n) is 4.93. The molecule has 0 fully saturated rings. The summed E-state index contributed by atoms with van der Waals surface area (Å²) in [5.41, 5.74) is 3.13. The Hall–Kier alpha value is -0.870. The van der Waals surface area contributed by atoms with Crippen LogP contribution in [0, 0.1) is 0 Å². The Balaban J connectivity index is 2.92. The lowest BCUT2D eigenvalue weighted by atomic mass is 9.93. The van der Waals surface area contributed by atoms with Gasteiger partial charge in [-0.05, 0) is 61.3 Å². The van der Waals surface area contributed by atoms with Gasteiger partial charge in [-0.2, -0.15) is 8.42 Å². The van der Waals surface area contributed by atoms with Gasteiger partial charge in [-0.3, -0.25) is 4.55 Å². The normalized spacial score (nSPS) is 11.9. The minimum atomic E-state index is -4.21. The zero-order chi connectivity index (χ0) is 25.1. The first-order chi connectivity index (χ1) is 16.4. The van der Waals surface area contributed by atoms with Crippen LogP contribution in [-0.2, 0) is 29.4 Å². The minimum absolute atomic E-state index is 0.186. The Bertz CT molecular complexity index is 740. The molecule has 0 unspecified atom stereocenters. The third-order valence-corrected chi connectivity index (χ3v) is 7.96. The second-order valence-electron chi connectivity index (χ2n) is 10.3. The first kappa shape index (κ1) is 31.2. The molecule has 0 heterocycles. The fraction of sp³-hybridized carbons (Fsp3) is 0.800. The number of hydrogen-bond acceptors (Lipinski definition) is 2. The third-order valence-electron chi connectivity index (χ3n) is 7.04. The van der Waals surface area contributed by atoms with E-state index in [1.165, 1.54) is 95.5 Å². The van der Waals surface area contributed by atoms with Gasteiger partial charge in [-0.1, -0.05) is 123 Å². The molecule has 1 rings (SSSR count). The summed E-state index contributed by atoms with van der Waals surface area (Å²) in [4.78, 5) is 0.186. The van der Waals surface area contributed by atoms with E-state index in [2.05, 4.69) is 26.8 Å². The summed E-state index contributed by atoms with van der Waals surface area (Å²) >= 11 is 0. The smallest absolute Gasteiger partial charge is 0.282 e. The molecule has 3 nitrogen and oxygen atoms in total. The van der Waals surface area contributed by atoms with Crippen molar-refractivity contribution < 1.29 is 13.0 Å². The molecule has 0 spiro atoms. The maximum atomic E-state index is 12.4. The molecule has 0 atom stereocenters. The van der Waals surface area contributed by atoms with Gasteiger partial charge in [0.05, 0.1) is 4.90 Å². The molecule has 0 radical (unpaired) electrons. The minimum Gasteiger partial charge on any atom is -0.282 e. The van der Waals surface area contributed by atoms with Gasteiger partial charge in [0.15, 0.2) is 0 Å². The van der Waals surface area contributed by atoms with Crippen LogP contribution in [0.5, 0.6) is 0 Å². The van der Waals surface area contributed by atoms with Crippen molar-refractivity contribution in [2.75, 3.05) is 0 Å². The Morgan fingerprint density at radius 3 is 1.44 bits per heavy atom. The molecule has 0 aliphatic rings. The van der Waals surface area contributed by atoms with Crippen LogP contribution in [0.2, 0.25) is 0 Å². The molecule has 0 aliphatic heterocycles. The van der Waals surface area contributed by atoms with Crippen molar-refractivity contribution in [2.24, 2.45) is 0 Å². The second-order valence-corrected chi connectivity index (χ2v) is 11.6. The van der Waals surface area contributed by atoms with Crippen molar-refractivity contribution in [1.29, 1.82) is 0 Å². The topological polar surface area (TPSA) is 54.4 Å².